The van der Waals surface area contributed by atoms with E-state index in [4.69, 9.17) is 4.74 Å². The lowest BCUT2D eigenvalue weighted by Crippen LogP contribution is -2.28. The second kappa shape index (κ2) is 9.26. The number of nitrogens with zero attached hydrogens (tertiary/aromatic N) is 1. The first kappa shape index (κ1) is 20.3. The summed E-state index contributed by atoms with van der Waals surface area (Å²) in [5.74, 6) is 0.0743. The predicted molar refractivity (Wildman–Crippen MR) is 117 cm³/mol. The lowest BCUT2D eigenvalue weighted by Gasteiger charge is -2.14. The minimum Gasteiger partial charge on any atom is -0.483 e. The number of hydrogen-bond acceptors (Lipinski definition) is 4. The first-order chi connectivity index (χ1) is 15.1. The van der Waals surface area contributed by atoms with E-state index in [0.717, 1.165) is 16.7 Å². The molecular weight excluding hydrogens is 392 g/mol. The second-order valence-electron chi connectivity index (χ2n) is 7.27. The summed E-state index contributed by atoms with van der Waals surface area (Å²) in [7, 11) is 0. The summed E-state index contributed by atoms with van der Waals surface area (Å²) in [6.07, 6.45) is 0.556. The Bertz CT molecular complexity index is 1080. The lowest BCUT2D eigenvalue weighted by atomic mass is 10.1. The van der Waals surface area contributed by atoms with Crippen molar-refractivity contribution >= 4 is 23.4 Å². The van der Waals surface area contributed by atoms with Gasteiger partial charge in [-0.15, -0.1) is 0 Å². The number of benzene rings is 3. The molecule has 6 heteroatoms. The van der Waals surface area contributed by atoms with Crippen LogP contribution in [0.3, 0.4) is 0 Å². The van der Waals surface area contributed by atoms with E-state index in [1.807, 2.05) is 54.6 Å². The number of likely N-dealkylation sites (tertiary alicyclic amines) is 1. The van der Waals surface area contributed by atoms with Crippen LogP contribution in [0.2, 0.25) is 0 Å². The highest BCUT2D eigenvalue weighted by molar-refractivity contribution is 6.01. The summed E-state index contributed by atoms with van der Waals surface area (Å²) in [6, 6.07) is 24.5. The summed E-state index contributed by atoms with van der Waals surface area (Å²) >= 11 is 0. The molecule has 31 heavy (non-hydrogen) atoms. The lowest BCUT2D eigenvalue weighted by molar-refractivity contribution is -0.139. The Labute approximate surface area is 180 Å². The van der Waals surface area contributed by atoms with Crippen LogP contribution in [0.5, 0.6) is 5.75 Å². The van der Waals surface area contributed by atoms with Crippen LogP contribution in [0, 0.1) is 0 Å². The summed E-state index contributed by atoms with van der Waals surface area (Å²) in [5.41, 5.74) is 3.39. The number of imide groups is 1. The zero-order chi connectivity index (χ0) is 21.6. The molecular formula is C25H22N2O4. The van der Waals surface area contributed by atoms with E-state index in [-0.39, 0.29) is 43.7 Å². The Kier molecular flexibility index (Phi) is 6.08. The van der Waals surface area contributed by atoms with E-state index in [9.17, 15) is 14.4 Å². The Morgan fingerprint density at radius 3 is 2.19 bits per heavy atom. The van der Waals surface area contributed by atoms with Crippen molar-refractivity contribution in [1.82, 2.24) is 4.90 Å². The van der Waals surface area contributed by atoms with Gasteiger partial charge in [0, 0.05) is 24.1 Å². The predicted octanol–water partition coefficient (Wildman–Crippen LogP) is 4.02. The van der Waals surface area contributed by atoms with Crippen molar-refractivity contribution in [3.05, 3.63) is 84.4 Å². The van der Waals surface area contributed by atoms with Crippen molar-refractivity contribution in [2.24, 2.45) is 0 Å². The molecule has 3 aromatic rings. The third-order valence-corrected chi connectivity index (χ3v) is 5.06. The molecule has 3 amide bonds. The molecule has 1 aliphatic heterocycles. The molecule has 156 valence electrons. The average Bonchev–Trinajstić information content (AvgIpc) is 3.12. The molecule has 0 bridgehead atoms. The topological polar surface area (TPSA) is 75.7 Å². The number of carbonyl (C=O) groups is 3. The summed E-state index contributed by atoms with van der Waals surface area (Å²) in [6.45, 7) is 0.133. The summed E-state index contributed by atoms with van der Waals surface area (Å²) < 4.78 is 5.77. The van der Waals surface area contributed by atoms with Crippen molar-refractivity contribution in [3.8, 4) is 16.9 Å². The fourth-order valence-corrected chi connectivity index (χ4v) is 3.46. The molecule has 0 unspecified atom stereocenters. The highest BCUT2D eigenvalue weighted by atomic mass is 16.5. The molecule has 3 aromatic carbocycles. The highest BCUT2D eigenvalue weighted by Gasteiger charge is 2.28. The molecule has 4 rings (SSSR count). The van der Waals surface area contributed by atoms with Crippen LogP contribution >= 0.6 is 0 Å². The maximum absolute atomic E-state index is 12.3. The smallest absolute Gasteiger partial charge is 0.262 e. The fraction of sp³-hybridized carbons (Fsp3) is 0.160. The van der Waals surface area contributed by atoms with E-state index in [0.29, 0.717) is 11.4 Å². The van der Waals surface area contributed by atoms with Gasteiger partial charge >= 0.3 is 0 Å². The molecule has 1 aliphatic rings. The zero-order valence-electron chi connectivity index (χ0n) is 16.9. The number of para-hydroxylation sites is 1. The molecule has 0 aliphatic carbocycles. The second-order valence-corrected chi connectivity index (χ2v) is 7.27. The molecule has 1 saturated heterocycles. The van der Waals surface area contributed by atoms with Crippen molar-refractivity contribution < 1.29 is 19.1 Å². The van der Waals surface area contributed by atoms with Crippen molar-refractivity contribution in [3.63, 3.8) is 0 Å². The summed E-state index contributed by atoms with van der Waals surface area (Å²) in [4.78, 5) is 37.1. The average molecular weight is 414 g/mol. The van der Waals surface area contributed by atoms with Gasteiger partial charge in [-0.05, 0) is 29.3 Å². The Morgan fingerprint density at radius 1 is 0.839 bits per heavy atom. The van der Waals surface area contributed by atoms with Crippen LogP contribution in [0.25, 0.3) is 11.1 Å². The molecule has 0 saturated carbocycles. The minimum atomic E-state index is -0.277. The largest absolute Gasteiger partial charge is 0.483 e. The van der Waals surface area contributed by atoms with Gasteiger partial charge in [0.2, 0.25) is 11.8 Å². The normalized spacial score (nSPS) is 13.4. The van der Waals surface area contributed by atoms with Gasteiger partial charge < -0.3 is 10.1 Å². The van der Waals surface area contributed by atoms with Gasteiger partial charge in [-0.1, -0.05) is 60.7 Å². The van der Waals surface area contributed by atoms with Crippen LogP contribution in [-0.2, 0) is 20.9 Å². The van der Waals surface area contributed by atoms with Gasteiger partial charge in [0.15, 0.2) is 6.61 Å². The van der Waals surface area contributed by atoms with Crippen molar-refractivity contribution in [2.45, 2.75) is 19.4 Å². The third-order valence-electron chi connectivity index (χ3n) is 5.06. The highest BCUT2D eigenvalue weighted by Crippen LogP contribution is 2.29. The molecule has 0 spiro atoms. The number of nitrogens with one attached hydrogen (secondary N) is 1. The van der Waals surface area contributed by atoms with E-state index < -0.39 is 0 Å². The van der Waals surface area contributed by atoms with E-state index in [2.05, 4.69) is 5.32 Å². The Morgan fingerprint density at radius 2 is 1.48 bits per heavy atom. The van der Waals surface area contributed by atoms with Gasteiger partial charge in [-0.2, -0.15) is 0 Å². The van der Waals surface area contributed by atoms with Crippen molar-refractivity contribution in [1.29, 1.82) is 0 Å². The molecule has 0 atom stereocenters. The number of amides is 3. The van der Waals surface area contributed by atoms with Gasteiger partial charge in [0.05, 0.1) is 6.54 Å². The Hall–Kier alpha value is -3.93. The van der Waals surface area contributed by atoms with E-state index in [1.165, 1.54) is 4.90 Å². The first-order valence-electron chi connectivity index (χ1n) is 10.1. The molecule has 1 fully saturated rings. The number of rotatable bonds is 7. The first-order valence-corrected chi connectivity index (χ1v) is 10.1. The van der Waals surface area contributed by atoms with Gasteiger partial charge in [0.1, 0.15) is 5.75 Å². The molecule has 1 N–H and O–H groups in total. The molecule has 6 nitrogen and oxygen atoms in total. The zero-order valence-corrected chi connectivity index (χ0v) is 16.9. The molecule has 0 aromatic heterocycles. The monoisotopic (exact) mass is 414 g/mol. The van der Waals surface area contributed by atoms with Crippen LogP contribution in [0.4, 0.5) is 5.69 Å². The molecule has 0 radical (unpaired) electrons. The Balaban J connectivity index is 1.34. The minimum absolute atomic E-state index is 0.123. The van der Waals surface area contributed by atoms with Gasteiger partial charge in [0.25, 0.3) is 5.91 Å². The third kappa shape index (κ3) is 4.98. The van der Waals surface area contributed by atoms with E-state index >= 15 is 0 Å². The van der Waals surface area contributed by atoms with Crippen LogP contribution in [-0.4, -0.2) is 29.2 Å². The quantitative estimate of drug-likeness (QED) is 0.593. The maximum Gasteiger partial charge on any atom is 0.262 e. The number of hydrogen-bond donors (Lipinski definition) is 1. The van der Waals surface area contributed by atoms with Crippen LogP contribution in [0.1, 0.15) is 18.4 Å². The maximum atomic E-state index is 12.3. The summed E-state index contributed by atoms with van der Waals surface area (Å²) in [5, 5.41) is 2.80. The number of ether oxygens (including phenoxy) is 1. The number of carbonyl (C=O) groups excluding carboxylic acids is 3. The standard InChI is InChI=1S/C25H22N2O4/c28-23(17-31-22-9-5-4-8-21(22)19-6-2-1-3-7-19)26-20-12-10-18(11-13-20)16-27-24(29)14-15-25(27)30/h1-13H,14-17H2,(H,26,28). The van der Waals surface area contributed by atoms with E-state index in [1.54, 1.807) is 24.3 Å². The van der Waals surface area contributed by atoms with Gasteiger partial charge in [-0.25, -0.2) is 0 Å². The van der Waals surface area contributed by atoms with Crippen molar-refractivity contribution in [2.75, 3.05) is 11.9 Å². The van der Waals surface area contributed by atoms with Crippen LogP contribution < -0.4 is 10.1 Å². The fourth-order valence-electron chi connectivity index (χ4n) is 3.46. The number of anilines is 1. The SMILES string of the molecule is O=C(COc1ccccc1-c1ccccc1)Nc1ccc(CN2C(=O)CCC2=O)cc1. The van der Waals surface area contributed by atoms with Gasteiger partial charge in [-0.3, -0.25) is 19.3 Å². The molecule has 1 heterocycles. The van der Waals surface area contributed by atoms with Crippen LogP contribution in [0.15, 0.2) is 78.9 Å².